The van der Waals surface area contributed by atoms with E-state index >= 15 is 4.39 Å². The van der Waals surface area contributed by atoms with Crippen LogP contribution in [0.5, 0.6) is 5.75 Å². The molecule has 212 valence electrons. The lowest BCUT2D eigenvalue weighted by molar-refractivity contribution is -0.137. The molecule has 1 saturated carbocycles. The molecule has 1 unspecified atom stereocenters. The first-order valence-electron chi connectivity index (χ1n) is 13.6. The van der Waals surface area contributed by atoms with Gasteiger partial charge < -0.3 is 9.64 Å². The van der Waals surface area contributed by atoms with E-state index in [2.05, 4.69) is 5.32 Å². The average Bonchev–Trinajstić information content (AvgIpc) is 3.67. The standard InChI is InChI=1S/C31H25FN4O6/c1-34(25-14-21-24(15-22(25)32)36(18-5-3-2-4-6-18)29(40)31(21)11-12-31)30(41)42-19-8-7-17-16-35(28(39)20(17)13-19)23-9-10-26(37)33-27(23)38/h2-8,13-15,23H,9-12,16H2,1H3,(H,33,37,38). The molecule has 1 atom stereocenters. The zero-order chi connectivity index (χ0) is 29.3. The van der Waals surface area contributed by atoms with Gasteiger partial charge >= 0.3 is 6.09 Å². The summed E-state index contributed by atoms with van der Waals surface area (Å²) in [5.74, 6) is -2.01. The van der Waals surface area contributed by atoms with Crippen molar-refractivity contribution in [3.8, 4) is 5.75 Å². The highest BCUT2D eigenvalue weighted by atomic mass is 19.1. The van der Waals surface area contributed by atoms with E-state index in [1.54, 1.807) is 24.3 Å². The number of fused-ring (bicyclic) bond motifs is 3. The van der Waals surface area contributed by atoms with Crippen molar-refractivity contribution in [2.75, 3.05) is 16.8 Å². The number of nitrogens with one attached hydrogen (secondary N) is 1. The molecule has 3 heterocycles. The summed E-state index contributed by atoms with van der Waals surface area (Å²) < 4.78 is 21.0. The number of piperidine rings is 1. The summed E-state index contributed by atoms with van der Waals surface area (Å²) in [6.45, 7) is 0.190. The highest BCUT2D eigenvalue weighted by Gasteiger charge is 2.60. The Morgan fingerprint density at radius 1 is 1.05 bits per heavy atom. The first kappa shape index (κ1) is 25.9. The molecule has 1 saturated heterocycles. The fourth-order valence-electron chi connectivity index (χ4n) is 6.12. The van der Waals surface area contributed by atoms with Gasteiger partial charge in [0.25, 0.3) is 5.91 Å². The van der Waals surface area contributed by atoms with Gasteiger partial charge in [0.05, 0.1) is 16.8 Å². The Labute approximate surface area is 239 Å². The smallest absolute Gasteiger partial charge is 0.410 e. The summed E-state index contributed by atoms with van der Waals surface area (Å²) in [6.07, 6.45) is 0.778. The quantitative estimate of drug-likeness (QED) is 0.477. The van der Waals surface area contributed by atoms with Crippen molar-refractivity contribution in [3.05, 3.63) is 83.2 Å². The number of anilines is 3. The van der Waals surface area contributed by atoms with Gasteiger partial charge in [-0.05, 0) is 60.7 Å². The lowest BCUT2D eigenvalue weighted by Gasteiger charge is -2.29. The summed E-state index contributed by atoms with van der Waals surface area (Å²) in [7, 11) is 1.38. The molecule has 0 aromatic heterocycles. The number of nitrogens with zero attached hydrogens (tertiary/aromatic N) is 3. The number of rotatable bonds is 4. The normalized spacial score (nSPS) is 20.0. The van der Waals surface area contributed by atoms with Crippen LogP contribution in [0.15, 0.2) is 60.7 Å². The van der Waals surface area contributed by atoms with Crippen LogP contribution in [0.2, 0.25) is 0 Å². The predicted molar refractivity (Wildman–Crippen MR) is 148 cm³/mol. The molecule has 2 fully saturated rings. The molecule has 0 radical (unpaired) electrons. The molecular formula is C31H25FN4O6. The Morgan fingerprint density at radius 3 is 2.52 bits per heavy atom. The van der Waals surface area contributed by atoms with Crippen molar-refractivity contribution in [2.45, 2.75) is 43.7 Å². The highest BCUT2D eigenvalue weighted by molar-refractivity contribution is 6.15. The summed E-state index contributed by atoms with van der Waals surface area (Å²) in [5, 5.41) is 2.26. The number of benzene rings is 3. The molecule has 7 rings (SSSR count). The Balaban J connectivity index is 1.12. The third-order valence-electron chi connectivity index (χ3n) is 8.54. The van der Waals surface area contributed by atoms with Gasteiger partial charge in [-0.1, -0.05) is 24.3 Å². The molecule has 1 spiro atoms. The van der Waals surface area contributed by atoms with Gasteiger partial charge in [-0.15, -0.1) is 0 Å². The van der Waals surface area contributed by atoms with Crippen LogP contribution < -0.4 is 19.9 Å². The molecule has 1 aliphatic carbocycles. The fraction of sp³-hybridized carbons (Fsp3) is 0.258. The van der Waals surface area contributed by atoms with Gasteiger partial charge in [0.1, 0.15) is 17.6 Å². The van der Waals surface area contributed by atoms with E-state index in [-0.39, 0.29) is 48.2 Å². The van der Waals surface area contributed by atoms with Crippen molar-refractivity contribution in [1.82, 2.24) is 10.2 Å². The molecular weight excluding hydrogens is 543 g/mol. The molecule has 3 aromatic rings. The summed E-state index contributed by atoms with van der Waals surface area (Å²) in [6, 6.07) is 15.7. The number of hydrogen-bond donors (Lipinski definition) is 1. The number of imide groups is 1. The second-order valence-electron chi connectivity index (χ2n) is 11.0. The summed E-state index contributed by atoms with van der Waals surface area (Å²) >= 11 is 0. The molecule has 10 nitrogen and oxygen atoms in total. The van der Waals surface area contributed by atoms with Crippen molar-refractivity contribution < 1.29 is 33.1 Å². The fourth-order valence-corrected chi connectivity index (χ4v) is 6.12. The third-order valence-corrected chi connectivity index (χ3v) is 8.54. The van der Waals surface area contributed by atoms with Crippen LogP contribution in [0.4, 0.5) is 26.2 Å². The highest BCUT2D eigenvalue weighted by Crippen LogP contribution is 2.59. The largest absolute Gasteiger partial charge is 0.419 e. The lowest BCUT2D eigenvalue weighted by Crippen LogP contribution is -2.52. The number of para-hydroxylation sites is 1. The van der Waals surface area contributed by atoms with Crippen molar-refractivity contribution >= 4 is 46.8 Å². The number of carbonyl (C=O) groups excluding carboxylic acids is 5. The summed E-state index contributed by atoms with van der Waals surface area (Å²) in [4.78, 5) is 67.5. The van der Waals surface area contributed by atoms with Crippen LogP contribution in [-0.2, 0) is 26.3 Å². The second kappa shape index (κ2) is 9.23. The molecule has 0 bridgehead atoms. The SMILES string of the molecule is CN(C(=O)Oc1ccc2c(c1)C(=O)N(C1CCC(=O)NC1=O)C2)c1cc2c(cc1F)N(c1ccccc1)C(=O)C21CC1. The number of hydrogen-bond acceptors (Lipinski definition) is 6. The maximum atomic E-state index is 15.5. The number of halogens is 1. The molecule has 1 N–H and O–H groups in total. The van der Waals surface area contributed by atoms with E-state index in [0.717, 1.165) is 4.90 Å². The molecule has 5 amide bonds. The first-order chi connectivity index (χ1) is 20.2. The van der Waals surface area contributed by atoms with Gasteiger partial charge in [0.15, 0.2) is 0 Å². The number of amides is 5. The zero-order valence-corrected chi connectivity index (χ0v) is 22.6. The van der Waals surface area contributed by atoms with Gasteiger partial charge in [0, 0.05) is 37.3 Å². The zero-order valence-electron chi connectivity index (χ0n) is 22.6. The Hall–Kier alpha value is -5.06. The van der Waals surface area contributed by atoms with Crippen LogP contribution in [-0.4, -0.2) is 47.7 Å². The van der Waals surface area contributed by atoms with E-state index in [0.29, 0.717) is 35.3 Å². The first-order valence-corrected chi connectivity index (χ1v) is 13.6. The predicted octanol–water partition coefficient (Wildman–Crippen LogP) is 3.93. The van der Waals surface area contributed by atoms with Gasteiger partial charge in [-0.25, -0.2) is 9.18 Å². The van der Waals surface area contributed by atoms with E-state index < -0.39 is 35.2 Å². The van der Waals surface area contributed by atoms with Crippen LogP contribution in [0.25, 0.3) is 0 Å². The Morgan fingerprint density at radius 2 is 1.81 bits per heavy atom. The second-order valence-corrected chi connectivity index (χ2v) is 11.0. The molecule has 42 heavy (non-hydrogen) atoms. The topological polar surface area (TPSA) is 116 Å². The van der Waals surface area contributed by atoms with E-state index in [1.807, 2.05) is 18.2 Å². The molecule has 4 aliphatic rings. The molecule has 3 aliphatic heterocycles. The van der Waals surface area contributed by atoms with Gasteiger partial charge in [-0.2, -0.15) is 0 Å². The number of ether oxygens (including phenoxy) is 1. The maximum absolute atomic E-state index is 15.5. The van der Waals surface area contributed by atoms with E-state index in [4.69, 9.17) is 4.74 Å². The monoisotopic (exact) mass is 568 g/mol. The third kappa shape index (κ3) is 3.87. The van der Waals surface area contributed by atoms with Crippen LogP contribution in [0, 0.1) is 5.82 Å². The van der Waals surface area contributed by atoms with Crippen LogP contribution in [0.1, 0.15) is 47.2 Å². The lowest BCUT2D eigenvalue weighted by atomic mass is 9.97. The maximum Gasteiger partial charge on any atom is 0.419 e. The van der Waals surface area contributed by atoms with Crippen LogP contribution in [0.3, 0.4) is 0 Å². The van der Waals surface area contributed by atoms with E-state index in [1.165, 1.54) is 35.0 Å². The van der Waals surface area contributed by atoms with Crippen LogP contribution >= 0.6 is 0 Å². The van der Waals surface area contributed by atoms with E-state index in [9.17, 15) is 24.0 Å². The Kier molecular flexibility index (Phi) is 5.69. The summed E-state index contributed by atoms with van der Waals surface area (Å²) in [5.41, 5.74) is 1.96. The minimum atomic E-state index is -0.879. The molecule has 11 heteroatoms. The number of carbonyl (C=O) groups is 5. The molecule has 3 aromatic carbocycles. The minimum Gasteiger partial charge on any atom is -0.410 e. The van der Waals surface area contributed by atoms with Crippen molar-refractivity contribution in [1.29, 1.82) is 0 Å². The average molecular weight is 569 g/mol. The van der Waals surface area contributed by atoms with Gasteiger partial charge in [-0.3, -0.25) is 34.3 Å². The van der Waals surface area contributed by atoms with Gasteiger partial charge in [0.2, 0.25) is 17.7 Å². The minimum absolute atomic E-state index is 0.0333. The van der Waals surface area contributed by atoms with Crippen molar-refractivity contribution in [3.63, 3.8) is 0 Å². The van der Waals surface area contributed by atoms with Crippen molar-refractivity contribution in [2.24, 2.45) is 0 Å². The Bertz CT molecular complexity index is 1720.